The standard InChI is InChI=1S/C29H29FN4O5/c1-17-13-27(35)34(33-28(17)29(36)32-18-7-5-4-6-8-18)19-9-10-24(21(30)14-19)39-23-11-12-31-22-16-26(38-3)25(37-2)15-20(22)23/h9-16,18H,4-8H2,1-3H3,(H,32,36). The Morgan fingerprint density at radius 1 is 0.974 bits per heavy atom. The Bertz CT molecular complexity index is 1600. The SMILES string of the molecule is COc1cc2nccc(Oc3ccc(-n4nc(C(=O)NC5CCCCC5)c(C)cc4=O)cc3F)c2cc1OC. The number of halogens is 1. The molecule has 2 aromatic carbocycles. The molecule has 1 saturated carbocycles. The van der Waals surface area contributed by atoms with Gasteiger partial charge >= 0.3 is 0 Å². The second-order valence-electron chi connectivity index (χ2n) is 9.48. The number of aryl methyl sites for hydroxylation is 1. The molecule has 4 aromatic rings. The Kier molecular flexibility index (Phi) is 7.44. The molecule has 202 valence electrons. The molecule has 0 aliphatic heterocycles. The number of pyridine rings is 1. The first kappa shape index (κ1) is 26.1. The van der Waals surface area contributed by atoms with Crippen LogP contribution in [0.25, 0.3) is 16.6 Å². The molecular formula is C29H29FN4O5. The molecule has 1 amide bonds. The summed E-state index contributed by atoms with van der Waals surface area (Å²) >= 11 is 0. The molecule has 1 aliphatic rings. The molecule has 10 heteroatoms. The van der Waals surface area contributed by atoms with E-state index in [4.69, 9.17) is 14.2 Å². The minimum absolute atomic E-state index is 0.0588. The first-order valence-electron chi connectivity index (χ1n) is 12.8. The topological polar surface area (TPSA) is 105 Å². The van der Waals surface area contributed by atoms with Crippen molar-refractivity contribution in [2.45, 2.75) is 45.1 Å². The van der Waals surface area contributed by atoms with Crippen molar-refractivity contribution in [2.75, 3.05) is 14.2 Å². The number of ether oxygens (including phenoxy) is 3. The maximum absolute atomic E-state index is 15.3. The van der Waals surface area contributed by atoms with Gasteiger partial charge in [-0.3, -0.25) is 14.6 Å². The average molecular weight is 533 g/mol. The van der Waals surface area contributed by atoms with Crippen molar-refractivity contribution >= 4 is 16.8 Å². The Morgan fingerprint density at radius 3 is 2.44 bits per heavy atom. The molecule has 1 fully saturated rings. The summed E-state index contributed by atoms with van der Waals surface area (Å²) < 4.78 is 32.9. The van der Waals surface area contributed by atoms with Crippen LogP contribution in [0.1, 0.15) is 48.2 Å². The predicted molar refractivity (Wildman–Crippen MR) is 144 cm³/mol. The van der Waals surface area contributed by atoms with Gasteiger partial charge in [-0.25, -0.2) is 4.39 Å². The van der Waals surface area contributed by atoms with Gasteiger partial charge in [-0.1, -0.05) is 19.3 Å². The number of carbonyl (C=O) groups is 1. The van der Waals surface area contributed by atoms with Crippen LogP contribution in [-0.2, 0) is 0 Å². The fourth-order valence-electron chi connectivity index (χ4n) is 4.81. The van der Waals surface area contributed by atoms with Crippen LogP contribution >= 0.6 is 0 Å². The number of rotatable bonds is 7. The largest absolute Gasteiger partial charge is 0.493 e. The second kappa shape index (κ2) is 11.1. The van der Waals surface area contributed by atoms with E-state index in [0.717, 1.165) is 36.4 Å². The summed E-state index contributed by atoms with van der Waals surface area (Å²) in [5.41, 5.74) is 0.866. The Labute approximate surface area is 224 Å². The molecule has 5 rings (SSSR count). The predicted octanol–water partition coefficient (Wildman–Crippen LogP) is 5.10. The van der Waals surface area contributed by atoms with E-state index in [1.54, 1.807) is 31.3 Å². The van der Waals surface area contributed by atoms with Crippen LogP contribution in [0.15, 0.2) is 53.5 Å². The zero-order chi connectivity index (χ0) is 27.5. The highest BCUT2D eigenvalue weighted by molar-refractivity contribution is 5.93. The number of aromatic nitrogens is 3. The molecular weight excluding hydrogens is 503 g/mol. The van der Waals surface area contributed by atoms with Crippen LogP contribution in [0.3, 0.4) is 0 Å². The summed E-state index contributed by atoms with van der Waals surface area (Å²) in [6.07, 6.45) is 6.70. The van der Waals surface area contributed by atoms with E-state index in [-0.39, 0.29) is 29.1 Å². The van der Waals surface area contributed by atoms with Gasteiger partial charge in [-0.2, -0.15) is 9.78 Å². The lowest BCUT2D eigenvalue weighted by Crippen LogP contribution is -2.38. The molecule has 0 atom stereocenters. The highest BCUT2D eigenvalue weighted by Gasteiger charge is 2.21. The monoisotopic (exact) mass is 532 g/mol. The lowest BCUT2D eigenvalue weighted by Gasteiger charge is -2.23. The van der Waals surface area contributed by atoms with Gasteiger partial charge in [0, 0.05) is 35.8 Å². The van der Waals surface area contributed by atoms with Crippen molar-refractivity contribution in [3.8, 4) is 28.7 Å². The maximum atomic E-state index is 15.3. The molecule has 0 radical (unpaired) electrons. The van der Waals surface area contributed by atoms with Crippen LogP contribution in [0.2, 0.25) is 0 Å². The third-order valence-corrected chi connectivity index (χ3v) is 6.86. The lowest BCUT2D eigenvalue weighted by atomic mass is 9.95. The van der Waals surface area contributed by atoms with Crippen molar-refractivity contribution in [3.63, 3.8) is 0 Å². The van der Waals surface area contributed by atoms with E-state index in [1.165, 1.54) is 38.8 Å². The molecule has 2 aromatic heterocycles. The van der Waals surface area contributed by atoms with E-state index in [1.807, 2.05) is 0 Å². The number of nitrogens with one attached hydrogen (secondary N) is 1. The minimum Gasteiger partial charge on any atom is -0.493 e. The molecule has 0 unspecified atom stereocenters. The summed E-state index contributed by atoms with van der Waals surface area (Å²) in [7, 11) is 3.05. The minimum atomic E-state index is -0.708. The normalized spacial score (nSPS) is 13.7. The first-order chi connectivity index (χ1) is 18.9. The smallest absolute Gasteiger partial charge is 0.272 e. The fraction of sp³-hybridized carbons (Fsp3) is 0.310. The number of methoxy groups -OCH3 is 2. The van der Waals surface area contributed by atoms with E-state index in [2.05, 4.69) is 15.4 Å². The van der Waals surface area contributed by atoms with Gasteiger partial charge in [0.05, 0.1) is 25.4 Å². The maximum Gasteiger partial charge on any atom is 0.272 e. The number of amides is 1. The quantitative estimate of drug-likeness (QED) is 0.353. The zero-order valence-electron chi connectivity index (χ0n) is 22.0. The summed E-state index contributed by atoms with van der Waals surface area (Å²) in [4.78, 5) is 30.0. The number of fused-ring (bicyclic) bond motifs is 1. The van der Waals surface area contributed by atoms with Crippen molar-refractivity contribution in [1.29, 1.82) is 0 Å². The second-order valence-corrected chi connectivity index (χ2v) is 9.48. The molecule has 1 aliphatic carbocycles. The van der Waals surface area contributed by atoms with Crippen LogP contribution < -0.4 is 25.1 Å². The van der Waals surface area contributed by atoms with Crippen molar-refractivity contribution in [2.24, 2.45) is 0 Å². The van der Waals surface area contributed by atoms with Gasteiger partial charge in [0.1, 0.15) is 5.75 Å². The molecule has 0 saturated heterocycles. The Hall–Kier alpha value is -4.47. The molecule has 39 heavy (non-hydrogen) atoms. The van der Waals surface area contributed by atoms with Crippen LogP contribution in [0.5, 0.6) is 23.0 Å². The number of hydrogen-bond donors (Lipinski definition) is 1. The molecule has 0 bridgehead atoms. The fourth-order valence-corrected chi connectivity index (χ4v) is 4.81. The number of carbonyl (C=O) groups excluding carboxylic acids is 1. The van der Waals surface area contributed by atoms with Crippen molar-refractivity contribution in [1.82, 2.24) is 20.1 Å². The molecule has 0 spiro atoms. The summed E-state index contributed by atoms with van der Waals surface area (Å²) in [5, 5.41) is 7.91. The summed E-state index contributed by atoms with van der Waals surface area (Å²) in [5.74, 6) is 0.238. The number of nitrogens with zero attached hydrogens (tertiary/aromatic N) is 3. The van der Waals surface area contributed by atoms with Crippen LogP contribution in [-0.4, -0.2) is 40.9 Å². The van der Waals surface area contributed by atoms with E-state index >= 15 is 4.39 Å². The third kappa shape index (κ3) is 5.41. The van der Waals surface area contributed by atoms with Gasteiger partial charge in [0.15, 0.2) is 28.8 Å². The first-order valence-corrected chi connectivity index (χ1v) is 12.8. The zero-order valence-corrected chi connectivity index (χ0v) is 22.0. The highest BCUT2D eigenvalue weighted by atomic mass is 19.1. The molecule has 1 N–H and O–H groups in total. The van der Waals surface area contributed by atoms with E-state index < -0.39 is 11.4 Å². The van der Waals surface area contributed by atoms with Gasteiger partial charge in [-0.15, -0.1) is 0 Å². The number of hydrogen-bond acceptors (Lipinski definition) is 7. The van der Waals surface area contributed by atoms with E-state index in [0.29, 0.717) is 33.7 Å². The van der Waals surface area contributed by atoms with Crippen molar-refractivity contribution < 1.29 is 23.4 Å². The van der Waals surface area contributed by atoms with Gasteiger partial charge in [0.25, 0.3) is 11.5 Å². The summed E-state index contributed by atoms with van der Waals surface area (Å²) in [6, 6.07) is 10.5. The van der Waals surface area contributed by atoms with Crippen molar-refractivity contribution in [3.05, 3.63) is 76.1 Å². The van der Waals surface area contributed by atoms with Crippen LogP contribution in [0.4, 0.5) is 4.39 Å². The van der Waals surface area contributed by atoms with Gasteiger partial charge < -0.3 is 19.5 Å². The van der Waals surface area contributed by atoms with Gasteiger partial charge in [-0.05, 0) is 49.6 Å². The molecule has 2 heterocycles. The Balaban J connectivity index is 1.44. The average Bonchev–Trinajstić information content (AvgIpc) is 2.94. The highest BCUT2D eigenvalue weighted by Crippen LogP contribution is 2.37. The number of benzene rings is 2. The van der Waals surface area contributed by atoms with E-state index in [9.17, 15) is 9.59 Å². The van der Waals surface area contributed by atoms with Crippen LogP contribution in [0, 0.1) is 12.7 Å². The lowest BCUT2D eigenvalue weighted by molar-refractivity contribution is 0.0920. The Morgan fingerprint density at radius 2 is 1.72 bits per heavy atom. The third-order valence-electron chi connectivity index (χ3n) is 6.86. The van der Waals surface area contributed by atoms with Gasteiger partial charge in [0.2, 0.25) is 0 Å². The summed E-state index contributed by atoms with van der Waals surface area (Å²) in [6.45, 7) is 1.66. The molecule has 9 nitrogen and oxygen atoms in total.